The van der Waals surface area contributed by atoms with E-state index in [-0.39, 0.29) is 30.7 Å². The van der Waals surface area contributed by atoms with Crippen LogP contribution in [0.15, 0.2) is 23.1 Å². The minimum Gasteiger partial charge on any atom is -0.469 e. The molecule has 39 heavy (non-hydrogen) atoms. The summed E-state index contributed by atoms with van der Waals surface area (Å²) in [5.41, 5.74) is 1.58. The number of imide groups is 1. The number of thioether (sulfide) groups is 1. The first kappa shape index (κ1) is 29.5. The molecule has 1 aromatic rings. The van der Waals surface area contributed by atoms with E-state index in [1.807, 2.05) is 12.1 Å². The minimum atomic E-state index is -2.85. The molecule has 1 aliphatic carbocycles. The van der Waals surface area contributed by atoms with Crippen LogP contribution < -0.4 is 10.6 Å². The molecule has 0 radical (unpaired) electrons. The monoisotopic (exact) mass is 565 g/mol. The average molecular weight is 566 g/mol. The number of fused-ring (bicyclic) bond motifs is 1. The number of esters is 1. The van der Waals surface area contributed by atoms with Gasteiger partial charge in [-0.15, -0.1) is 11.8 Å². The average Bonchev–Trinajstić information content (AvgIpc) is 3.23. The van der Waals surface area contributed by atoms with E-state index in [1.165, 1.54) is 7.11 Å². The number of nitrogens with one attached hydrogen (secondary N) is 2. The lowest BCUT2D eigenvalue weighted by Gasteiger charge is -2.34. The largest absolute Gasteiger partial charge is 0.469 e. The number of methoxy groups -OCH3 is 1. The summed E-state index contributed by atoms with van der Waals surface area (Å²) in [7, 11) is 1.24. The van der Waals surface area contributed by atoms with E-state index in [0.717, 1.165) is 48.3 Å². The second-order valence-corrected chi connectivity index (χ2v) is 11.8. The number of carbonyl (C=O) groups is 4. The van der Waals surface area contributed by atoms with Gasteiger partial charge < -0.3 is 15.0 Å². The van der Waals surface area contributed by atoms with Crippen molar-refractivity contribution in [2.45, 2.75) is 93.7 Å². The van der Waals surface area contributed by atoms with Crippen LogP contribution in [0.1, 0.15) is 80.1 Å². The summed E-state index contributed by atoms with van der Waals surface area (Å²) in [6.07, 6.45) is 5.30. The van der Waals surface area contributed by atoms with Gasteiger partial charge in [-0.05, 0) is 55.7 Å². The van der Waals surface area contributed by atoms with Crippen LogP contribution in [0.25, 0.3) is 0 Å². The Labute approximate surface area is 232 Å². The molecule has 0 aromatic heterocycles. The van der Waals surface area contributed by atoms with Gasteiger partial charge in [-0.1, -0.05) is 25.3 Å². The third-order valence-corrected chi connectivity index (χ3v) is 8.93. The molecule has 3 amide bonds. The van der Waals surface area contributed by atoms with E-state index in [2.05, 4.69) is 15.4 Å². The van der Waals surface area contributed by atoms with Crippen molar-refractivity contribution in [1.29, 1.82) is 0 Å². The van der Waals surface area contributed by atoms with Crippen LogP contribution in [0.4, 0.5) is 8.78 Å². The number of rotatable bonds is 12. The summed E-state index contributed by atoms with van der Waals surface area (Å²) in [5.74, 6) is -4.10. The highest BCUT2D eigenvalue weighted by atomic mass is 32.2. The van der Waals surface area contributed by atoms with Crippen LogP contribution in [0.5, 0.6) is 0 Å². The van der Waals surface area contributed by atoms with Gasteiger partial charge >= 0.3 is 5.97 Å². The normalized spacial score (nSPS) is 24.4. The molecule has 8 nitrogen and oxygen atoms in total. The van der Waals surface area contributed by atoms with Crippen molar-refractivity contribution in [2.75, 3.05) is 19.4 Å². The van der Waals surface area contributed by atoms with E-state index in [9.17, 15) is 28.0 Å². The fraction of sp³-hybridized carbons (Fsp3) is 0.643. The Kier molecular flexibility index (Phi) is 9.98. The van der Waals surface area contributed by atoms with Gasteiger partial charge in [0.05, 0.1) is 13.0 Å². The molecule has 4 rings (SSSR count). The first-order valence-electron chi connectivity index (χ1n) is 13.8. The number of benzene rings is 1. The SMILES string of the molecule is COC(=O)C1CC(NCCCCCCCSc2cccc3c2CN(C2CCC(=O)NC2=O)C3=O)CC(F)(F)C1. The van der Waals surface area contributed by atoms with Gasteiger partial charge in [-0.3, -0.25) is 24.5 Å². The van der Waals surface area contributed by atoms with Crippen LogP contribution in [0.2, 0.25) is 0 Å². The number of carbonyl (C=O) groups excluding carboxylic acids is 4. The fourth-order valence-electron chi connectivity index (χ4n) is 5.75. The highest BCUT2D eigenvalue weighted by Gasteiger charge is 2.44. The van der Waals surface area contributed by atoms with Gasteiger partial charge in [-0.25, -0.2) is 8.78 Å². The lowest BCUT2D eigenvalue weighted by Crippen LogP contribution is -2.52. The molecule has 2 fully saturated rings. The molecule has 0 bridgehead atoms. The van der Waals surface area contributed by atoms with Gasteiger partial charge in [0, 0.05) is 42.3 Å². The molecule has 11 heteroatoms. The zero-order valence-corrected chi connectivity index (χ0v) is 23.1. The van der Waals surface area contributed by atoms with Crippen molar-refractivity contribution in [3.63, 3.8) is 0 Å². The molecule has 0 spiro atoms. The zero-order chi connectivity index (χ0) is 28.0. The Morgan fingerprint density at radius 1 is 1.15 bits per heavy atom. The smallest absolute Gasteiger partial charge is 0.308 e. The number of nitrogens with zero attached hydrogens (tertiary/aromatic N) is 1. The number of hydrogen-bond acceptors (Lipinski definition) is 7. The van der Waals surface area contributed by atoms with Gasteiger partial charge in [0.2, 0.25) is 11.8 Å². The van der Waals surface area contributed by atoms with E-state index in [4.69, 9.17) is 0 Å². The molecule has 3 unspecified atom stereocenters. The maximum Gasteiger partial charge on any atom is 0.308 e. The van der Waals surface area contributed by atoms with Gasteiger partial charge in [0.25, 0.3) is 11.8 Å². The summed E-state index contributed by atoms with van der Waals surface area (Å²) in [6, 6.07) is 4.69. The number of hydrogen-bond donors (Lipinski definition) is 2. The Morgan fingerprint density at radius 3 is 2.69 bits per heavy atom. The number of ether oxygens (including phenoxy) is 1. The standard InChI is InChI=1S/C28H37F2N3O5S/c1-38-27(37)18-14-19(16-28(29,30)15-18)31-12-5-3-2-4-6-13-39-23-9-7-8-20-21(23)17-33(26(20)36)22-10-11-24(34)32-25(22)35/h7-9,18-19,22,31H,2-6,10-17H2,1H3,(H,32,34,35). The third kappa shape index (κ3) is 7.57. The Morgan fingerprint density at radius 2 is 1.92 bits per heavy atom. The van der Waals surface area contributed by atoms with Gasteiger partial charge in [-0.2, -0.15) is 0 Å². The molecule has 1 saturated carbocycles. The lowest BCUT2D eigenvalue weighted by molar-refractivity contribution is -0.153. The maximum atomic E-state index is 14.0. The van der Waals surface area contributed by atoms with E-state index >= 15 is 0 Å². The number of amides is 3. The van der Waals surface area contributed by atoms with E-state index in [1.54, 1.807) is 22.7 Å². The predicted molar refractivity (Wildman–Crippen MR) is 142 cm³/mol. The summed E-state index contributed by atoms with van der Waals surface area (Å²) in [5, 5.41) is 5.54. The maximum absolute atomic E-state index is 14.0. The van der Waals surface area contributed by atoms with Crippen molar-refractivity contribution in [3.8, 4) is 0 Å². The van der Waals surface area contributed by atoms with Crippen molar-refractivity contribution in [3.05, 3.63) is 29.3 Å². The summed E-state index contributed by atoms with van der Waals surface area (Å²) in [4.78, 5) is 51.1. The third-order valence-electron chi connectivity index (χ3n) is 7.74. The van der Waals surface area contributed by atoms with E-state index in [0.29, 0.717) is 31.5 Å². The summed E-state index contributed by atoms with van der Waals surface area (Å²) < 4.78 is 32.7. The molecule has 1 aromatic carbocycles. The molecular formula is C28H37F2N3O5S. The van der Waals surface area contributed by atoms with Crippen molar-refractivity contribution >= 4 is 35.5 Å². The Bertz CT molecular complexity index is 1090. The number of piperidine rings is 1. The second-order valence-electron chi connectivity index (χ2n) is 10.7. The van der Waals surface area contributed by atoms with Crippen molar-refractivity contribution < 1.29 is 32.7 Å². The van der Waals surface area contributed by atoms with Crippen LogP contribution >= 0.6 is 11.8 Å². The lowest BCUT2D eigenvalue weighted by atomic mass is 9.83. The molecule has 3 aliphatic rings. The van der Waals surface area contributed by atoms with Crippen LogP contribution in [-0.4, -0.2) is 66.0 Å². The second kappa shape index (κ2) is 13.2. The number of alkyl halides is 2. The van der Waals surface area contributed by atoms with E-state index < -0.39 is 36.2 Å². The quantitative estimate of drug-likeness (QED) is 0.171. The fourth-order valence-corrected chi connectivity index (χ4v) is 6.85. The molecule has 2 aliphatic heterocycles. The molecule has 2 N–H and O–H groups in total. The molecule has 3 atom stereocenters. The van der Waals surface area contributed by atoms with Crippen LogP contribution in [0.3, 0.4) is 0 Å². The number of halogens is 2. The minimum absolute atomic E-state index is 0.159. The van der Waals surface area contributed by atoms with Crippen molar-refractivity contribution in [1.82, 2.24) is 15.5 Å². The van der Waals surface area contributed by atoms with Gasteiger partial charge in [0.15, 0.2) is 0 Å². The molecular weight excluding hydrogens is 528 g/mol. The molecule has 2 heterocycles. The molecule has 214 valence electrons. The first-order chi connectivity index (χ1) is 18.7. The van der Waals surface area contributed by atoms with Crippen LogP contribution in [0, 0.1) is 5.92 Å². The van der Waals surface area contributed by atoms with Crippen molar-refractivity contribution in [2.24, 2.45) is 5.92 Å². The summed E-state index contributed by atoms with van der Waals surface area (Å²) >= 11 is 1.71. The Hall–Kier alpha value is -2.53. The first-order valence-corrected chi connectivity index (χ1v) is 14.8. The summed E-state index contributed by atoms with van der Waals surface area (Å²) in [6.45, 7) is 1.03. The highest BCUT2D eigenvalue weighted by molar-refractivity contribution is 7.99. The Balaban J connectivity index is 1.13. The predicted octanol–water partition coefficient (Wildman–Crippen LogP) is 4.06. The molecule has 1 saturated heterocycles. The van der Waals surface area contributed by atoms with Crippen LogP contribution in [-0.2, 0) is 25.7 Å². The number of unbranched alkanes of at least 4 members (excludes halogenated alkanes) is 4. The zero-order valence-electron chi connectivity index (χ0n) is 22.3. The highest BCUT2D eigenvalue weighted by Crippen LogP contribution is 2.38. The van der Waals surface area contributed by atoms with Gasteiger partial charge in [0.1, 0.15) is 6.04 Å². The topological polar surface area (TPSA) is 105 Å².